The van der Waals surface area contributed by atoms with Gasteiger partial charge in [-0.1, -0.05) is 6.07 Å². The molecule has 4 nitrogen and oxygen atoms in total. The van der Waals surface area contributed by atoms with Gasteiger partial charge < -0.3 is 4.74 Å². The molecule has 3 rings (SSSR count). The Balaban J connectivity index is 1.85. The van der Waals surface area contributed by atoms with Crippen molar-refractivity contribution in [2.24, 2.45) is 5.41 Å². The molecule has 0 atom stereocenters. The van der Waals surface area contributed by atoms with Crippen molar-refractivity contribution in [3.63, 3.8) is 0 Å². The molecule has 1 N–H and O–H groups in total. The van der Waals surface area contributed by atoms with E-state index in [2.05, 4.69) is 26.2 Å². The van der Waals surface area contributed by atoms with Gasteiger partial charge in [0.05, 0.1) is 4.88 Å². The van der Waals surface area contributed by atoms with Crippen molar-refractivity contribution in [1.29, 1.82) is 0 Å². The van der Waals surface area contributed by atoms with Crippen LogP contribution in [0.1, 0.15) is 19.3 Å². The van der Waals surface area contributed by atoms with Crippen LogP contribution in [0.25, 0.3) is 10.7 Å². The molecule has 2 heterocycles. The predicted octanol–water partition coefficient (Wildman–Crippen LogP) is 3.49. The summed E-state index contributed by atoms with van der Waals surface area (Å²) in [5.41, 5.74) is 0.365. The summed E-state index contributed by atoms with van der Waals surface area (Å²) in [5, 5.41) is 9.36. The fraction of sp³-hybridized carbons (Fsp3) is 0.538. The summed E-state index contributed by atoms with van der Waals surface area (Å²) in [6.45, 7) is 1.76. The molecular formula is C13H17N3OS2. The summed E-state index contributed by atoms with van der Waals surface area (Å²) in [6, 6.07) is 4.13. The molecule has 102 valence electrons. The van der Waals surface area contributed by atoms with E-state index in [4.69, 9.17) is 17.0 Å². The summed E-state index contributed by atoms with van der Waals surface area (Å²) in [7, 11) is 1.76. The predicted molar refractivity (Wildman–Crippen MR) is 78.9 cm³/mol. The number of H-pyrrole nitrogens is 1. The van der Waals surface area contributed by atoms with E-state index in [1.54, 1.807) is 18.4 Å². The Labute approximate surface area is 121 Å². The Hall–Kier alpha value is -0.980. The van der Waals surface area contributed by atoms with Crippen molar-refractivity contribution in [3.8, 4) is 10.7 Å². The summed E-state index contributed by atoms with van der Waals surface area (Å²) in [6.07, 6.45) is 3.61. The highest BCUT2D eigenvalue weighted by molar-refractivity contribution is 7.71. The maximum absolute atomic E-state index is 5.37. The smallest absolute Gasteiger partial charge is 0.195 e. The molecule has 0 amide bonds. The third kappa shape index (κ3) is 2.66. The van der Waals surface area contributed by atoms with Gasteiger partial charge >= 0.3 is 0 Å². The van der Waals surface area contributed by atoms with Crippen LogP contribution in [-0.2, 0) is 11.3 Å². The maximum Gasteiger partial charge on any atom is 0.195 e. The van der Waals surface area contributed by atoms with Gasteiger partial charge in [0.25, 0.3) is 0 Å². The van der Waals surface area contributed by atoms with Gasteiger partial charge in [0.15, 0.2) is 10.6 Å². The van der Waals surface area contributed by atoms with Crippen LogP contribution in [0.5, 0.6) is 0 Å². The minimum atomic E-state index is 0.365. The summed E-state index contributed by atoms with van der Waals surface area (Å²) in [5.74, 6) is 0.962. The molecule has 0 aliphatic heterocycles. The van der Waals surface area contributed by atoms with E-state index in [0.29, 0.717) is 10.2 Å². The van der Waals surface area contributed by atoms with Gasteiger partial charge in [-0.05, 0) is 48.3 Å². The maximum atomic E-state index is 5.37. The second-order valence-corrected chi connectivity index (χ2v) is 6.49. The monoisotopic (exact) mass is 295 g/mol. The average molecular weight is 295 g/mol. The minimum absolute atomic E-state index is 0.365. The van der Waals surface area contributed by atoms with Crippen molar-refractivity contribution in [3.05, 3.63) is 22.3 Å². The van der Waals surface area contributed by atoms with Crippen LogP contribution in [0.4, 0.5) is 0 Å². The lowest BCUT2D eigenvalue weighted by atomic mass is 10.0. The molecule has 0 saturated heterocycles. The summed E-state index contributed by atoms with van der Waals surface area (Å²) >= 11 is 7.07. The standard InChI is InChI=1S/C13H17N3OS2/c1-17-7-6-13(4-5-13)9-16-11(14-15-12(16)18)10-3-2-8-19-10/h2-3,8H,4-7,9H2,1H3,(H,15,18). The number of methoxy groups -OCH3 is 1. The topological polar surface area (TPSA) is 42.8 Å². The first-order chi connectivity index (χ1) is 9.24. The fourth-order valence-corrected chi connectivity index (χ4v) is 3.29. The quantitative estimate of drug-likeness (QED) is 0.830. The van der Waals surface area contributed by atoms with Crippen molar-refractivity contribution < 1.29 is 4.74 Å². The molecule has 6 heteroatoms. The highest BCUT2D eigenvalue weighted by Crippen LogP contribution is 2.50. The zero-order valence-corrected chi connectivity index (χ0v) is 12.5. The first kappa shape index (κ1) is 13.0. The van der Waals surface area contributed by atoms with Gasteiger partial charge in [0.1, 0.15) is 0 Å². The van der Waals surface area contributed by atoms with Crippen LogP contribution in [0, 0.1) is 10.2 Å². The van der Waals surface area contributed by atoms with Gasteiger partial charge in [-0.15, -0.1) is 11.3 Å². The third-order valence-corrected chi connectivity index (χ3v) is 4.96. The second kappa shape index (κ2) is 5.19. The number of thiophene rings is 1. The first-order valence-electron chi connectivity index (χ1n) is 6.42. The minimum Gasteiger partial charge on any atom is -0.385 e. The largest absolute Gasteiger partial charge is 0.385 e. The van der Waals surface area contributed by atoms with Crippen LogP contribution < -0.4 is 0 Å². The van der Waals surface area contributed by atoms with Gasteiger partial charge in [-0.3, -0.25) is 9.67 Å². The van der Waals surface area contributed by atoms with E-state index in [1.807, 2.05) is 6.07 Å². The lowest BCUT2D eigenvalue weighted by Gasteiger charge is -2.16. The van der Waals surface area contributed by atoms with Crippen molar-refractivity contribution in [2.45, 2.75) is 25.8 Å². The summed E-state index contributed by atoms with van der Waals surface area (Å²) in [4.78, 5) is 1.16. The number of aromatic nitrogens is 3. The van der Waals surface area contributed by atoms with E-state index in [1.165, 1.54) is 12.8 Å². The number of rotatable bonds is 6. The lowest BCUT2D eigenvalue weighted by molar-refractivity contribution is 0.167. The summed E-state index contributed by atoms with van der Waals surface area (Å²) < 4.78 is 8.07. The van der Waals surface area contributed by atoms with Gasteiger partial charge in [-0.25, -0.2) is 0 Å². The average Bonchev–Trinajstić information content (AvgIpc) is 2.82. The number of nitrogens with one attached hydrogen (secondary N) is 1. The number of hydrogen-bond donors (Lipinski definition) is 1. The van der Waals surface area contributed by atoms with E-state index >= 15 is 0 Å². The molecule has 1 aliphatic rings. The Morgan fingerprint density at radius 3 is 3.05 bits per heavy atom. The molecule has 0 radical (unpaired) electrons. The van der Waals surface area contributed by atoms with Crippen molar-refractivity contribution in [2.75, 3.05) is 13.7 Å². The molecule has 1 aliphatic carbocycles. The van der Waals surface area contributed by atoms with Crippen LogP contribution in [0.3, 0.4) is 0 Å². The zero-order valence-electron chi connectivity index (χ0n) is 10.9. The van der Waals surface area contributed by atoms with E-state index in [0.717, 1.165) is 30.3 Å². The van der Waals surface area contributed by atoms with E-state index in [-0.39, 0.29) is 0 Å². The van der Waals surface area contributed by atoms with Crippen molar-refractivity contribution in [1.82, 2.24) is 14.8 Å². The number of ether oxygens (including phenoxy) is 1. The van der Waals surface area contributed by atoms with Crippen molar-refractivity contribution >= 4 is 23.6 Å². The molecule has 19 heavy (non-hydrogen) atoms. The molecule has 0 aromatic carbocycles. The Morgan fingerprint density at radius 2 is 2.42 bits per heavy atom. The highest BCUT2D eigenvalue weighted by atomic mass is 32.1. The zero-order chi connectivity index (χ0) is 13.3. The Bertz CT molecular complexity index is 596. The Kier molecular flexibility index (Phi) is 3.56. The van der Waals surface area contributed by atoms with Gasteiger partial charge in [0.2, 0.25) is 0 Å². The van der Waals surface area contributed by atoms with Gasteiger partial charge in [0, 0.05) is 20.3 Å². The van der Waals surface area contributed by atoms with Crippen LogP contribution in [-0.4, -0.2) is 28.5 Å². The SMILES string of the molecule is COCCC1(Cn2c(-c3cccs3)n[nH]c2=S)CC1. The number of aromatic amines is 1. The van der Waals surface area contributed by atoms with Crippen LogP contribution >= 0.6 is 23.6 Å². The lowest BCUT2D eigenvalue weighted by Crippen LogP contribution is -2.15. The molecule has 0 bridgehead atoms. The molecule has 1 fully saturated rings. The van der Waals surface area contributed by atoms with Gasteiger partial charge in [-0.2, -0.15) is 5.10 Å². The molecule has 1 saturated carbocycles. The molecule has 2 aromatic heterocycles. The van der Waals surface area contributed by atoms with Crippen LogP contribution in [0.15, 0.2) is 17.5 Å². The van der Waals surface area contributed by atoms with E-state index < -0.39 is 0 Å². The molecule has 0 unspecified atom stereocenters. The Morgan fingerprint density at radius 1 is 1.58 bits per heavy atom. The third-order valence-electron chi connectivity index (χ3n) is 3.79. The van der Waals surface area contributed by atoms with E-state index in [9.17, 15) is 0 Å². The molecule has 2 aromatic rings. The number of hydrogen-bond acceptors (Lipinski definition) is 4. The molecular weight excluding hydrogens is 278 g/mol. The van der Waals surface area contributed by atoms with Crippen LogP contribution in [0.2, 0.25) is 0 Å². The normalized spacial score (nSPS) is 16.7. The first-order valence-corrected chi connectivity index (χ1v) is 7.71. The second-order valence-electron chi connectivity index (χ2n) is 5.16. The molecule has 0 spiro atoms. The number of nitrogens with zero attached hydrogens (tertiary/aromatic N) is 2. The fourth-order valence-electron chi connectivity index (χ4n) is 2.38. The highest BCUT2D eigenvalue weighted by Gasteiger charge is 2.43.